The van der Waals surface area contributed by atoms with Gasteiger partial charge in [-0.3, -0.25) is 0 Å². The number of pyridine rings is 1. The van der Waals surface area contributed by atoms with Gasteiger partial charge >= 0.3 is 0 Å². The van der Waals surface area contributed by atoms with Crippen LogP contribution < -0.4 is 0 Å². The zero-order valence-electron chi connectivity index (χ0n) is 34.5. The highest BCUT2D eigenvalue weighted by atomic mass is 32.2. The van der Waals surface area contributed by atoms with Crippen molar-refractivity contribution >= 4 is 33.4 Å². The minimum atomic E-state index is -0.482. The van der Waals surface area contributed by atoms with Crippen molar-refractivity contribution in [1.82, 2.24) is 19.9 Å². The molecule has 0 atom stereocenters. The van der Waals surface area contributed by atoms with Crippen LogP contribution in [0.5, 0.6) is 0 Å². The molecule has 9 aromatic carbocycles. The van der Waals surface area contributed by atoms with Crippen molar-refractivity contribution in [3.63, 3.8) is 0 Å². The third-order valence-electron chi connectivity index (χ3n) is 13.0. The van der Waals surface area contributed by atoms with E-state index in [-0.39, 0.29) is 0 Å². The molecule has 0 unspecified atom stereocenters. The van der Waals surface area contributed by atoms with Crippen LogP contribution in [0.25, 0.3) is 89.4 Å². The summed E-state index contributed by atoms with van der Waals surface area (Å²) in [7, 11) is 0. The van der Waals surface area contributed by atoms with E-state index in [2.05, 4.69) is 158 Å². The average molecular weight is 833 g/mol. The fraction of sp³-hybridized carbons (Fsp3) is 0.0169. The van der Waals surface area contributed by atoms with Crippen molar-refractivity contribution in [2.75, 3.05) is 0 Å². The molecule has 11 aromatic rings. The van der Waals surface area contributed by atoms with E-state index in [4.69, 9.17) is 19.9 Å². The van der Waals surface area contributed by atoms with Crippen molar-refractivity contribution in [3.8, 4) is 67.7 Å². The SMILES string of the molecule is c1ccc(-c2nc(-c3ccccc3)nc(-c3ccc(-c4ccc5nc(-c6ccccc6)c6cc7c(cc6c5c4)C4(c5ccccc5S7)c5ccccc5-c5ccccc54)cc3)n2)cc1. The van der Waals surface area contributed by atoms with E-state index in [0.29, 0.717) is 17.5 Å². The lowest BCUT2D eigenvalue weighted by atomic mass is 9.67. The van der Waals surface area contributed by atoms with Crippen LogP contribution in [-0.2, 0) is 5.41 Å². The number of fused-ring (bicyclic) bond motifs is 12. The summed E-state index contributed by atoms with van der Waals surface area (Å²) in [5.41, 5.74) is 15.5. The Morgan fingerprint density at radius 3 is 1.39 bits per heavy atom. The molecule has 3 heterocycles. The second kappa shape index (κ2) is 14.6. The van der Waals surface area contributed by atoms with Gasteiger partial charge in [-0.25, -0.2) is 19.9 Å². The minimum absolute atomic E-state index is 0.482. The molecule has 13 rings (SSSR count). The molecular formula is C59H36N4S. The maximum Gasteiger partial charge on any atom is 0.164 e. The molecule has 4 nitrogen and oxygen atoms in total. The van der Waals surface area contributed by atoms with E-state index < -0.39 is 5.41 Å². The summed E-state index contributed by atoms with van der Waals surface area (Å²) >= 11 is 1.87. The van der Waals surface area contributed by atoms with E-state index in [1.54, 1.807) is 0 Å². The molecule has 298 valence electrons. The summed E-state index contributed by atoms with van der Waals surface area (Å²) in [5, 5.41) is 3.45. The summed E-state index contributed by atoms with van der Waals surface area (Å²) in [6.45, 7) is 0. The fourth-order valence-corrected chi connectivity index (χ4v) is 11.3. The predicted octanol–water partition coefficient (Wildman–Crippen LogP) is 14.7. The Balaban J connectivity index is 1.00. The van der Waals surface area contributed by atoms with Gasteiger partial charge in [0.15, 0.2) is 17.5 Å². The Morgan fingerprint density at radius 2 is 0.781 bits per heavy atom. The second-order valence-electron chi connectivity index (χ2n) is 16.5. The normalized spacial score (nSPS) is 13.1. The highest BCUT2D eigenvalue weighted by Gasteiger charge is 2.50. The topological polar surface area (TPSA) is 51.6 Å². The quantitative estimate of drug-likeness (QED) is 0.162. The zero-order valence-corrected chi connectivity index (χ0v) is 35.3. The van der Waals surface area contributed by atoms with Gasteiger partial charge in [0.25, 0.3) is 0 Å². The Kier molecular flexibility index (Phi) is 8.33. The molecule has 64 heavy (non-hydrogen) atoms. The Hall–Kier alpha value is -7.99. The van der Waals surface area contributed by atoms with Crippen molar-refractivity contribution in [1.29, 1.82) is 0 Å². The standard InChI is InChI=1S/C59H36N4S/c1-4-16-38(17-5-1)55-47-36-54-51(59(50-26-14-15-27-53(50)64-54)48-24-12-10-22-43(48)44-23-11-13-25-49(44)59)35-45(47)46-34-42(32-33-52(46)60-55)37-28-30-41(31-29-37)58-62-56(39-18-6-2-7-19-39)61-57(63-58)40-20-8-3-9-21-40/h1-36H. The van der Waals surface area contributed by atoms with Gasteiger partial charge in [0, 0.05) is 42.8 Å². The van der Waals surface area contributed by atoms with Crippen LogP contribution >= 0.6 is 11.8 Å². The Labute approximate surface area is 375 Å². The highest BCUT2D eigenvalue weighted by Crippen LogP contribution is 2.62. The zero-order chi connectivity index (χ0) is 42.2. The fourth-order valence-electron chi connectivity index (χ4n) is 10.1. The van der Waals surface area contributed by atoms with Gasteiger partial charge in [-0.05, 0) is 80.2 Å². The van der Waals surface area contributed by atoms with Gasteiger partial charge in [-0.1, -0.05) is 200 Å². The van der Waals surface area contributed by atoms with Crippen molar-refractivity contribution in [2.24, 2.45) is 0 Å². The van der Waals surface area contributed by atoms with Crippen molar-refractivity contribution in [3.05, 3.63) is 241 Å². The van der Waals surface area contributed by atoms with Gasteiger partial charge in [0.2, 0.25) is 0 Å². The first-order valence-electron chi connectivity index (χ1n) is 21.6. The monoisotopic (exact) mass is 832 g/mol. The molecule has 0 amide bonds. The Morgan fingerprint density at radius 1 is 0.297 bits per heavy atom. The summed E-state index contributed by atoms with van der Waals surface area (Å²) < 4.78 is 0. The van der Waals surface area contributed by atoms with Crippen LogP contribution in [0.15, 0.2) is 228 Å². The van der Waals surface area contributed by atoms with Gasteiger partial charge in [0.05, 0.1) is 16.6 Å². The number of benzene rings is 9. The number of aromatic nitrogens is 4. The third-order valence-corrected chi connectivity index (χ3v) is 14.1. The van der Waals surface area contributed by atoms with E-state index in [9.17, 15) is 0 Å². The first kappa shape index (κ1) is 36.6. The smallest absolute Gasteiger partial charge is 0.164 e. The predicted molar refractivity (Wildman–Crippen MR) is 261 cm³/mol. The van der Waals surface area contributed by atoms with Crippen LogP contribution in [0.2, 0.25) is 0 Å². The molecule has 2 aromatic heterocycles. The van der Waals surface area contributed by atoms with Gasteiger partial charge in [0.1, 0.15) is 0 Å². The maximum atomic E-state index is 5.45. The minimum Gasteiger partial charge on any atom is -0.247 e. The molecule has 0 bridgehead atoms. The summed E-state index contributed by atoms with van der Waals surface area (Å²) in [5.74, 6) is 1.93. The average Bonchev–Trinajstić information content (AvgIpc) is 3.66. The molecule has 0 saturated carbocycles. The lowest BCUT2D eigenvalue weighted by Gasteiger charge is -2.40. The lowest BCUT2D eigenvalue weighted by Crippen LogP contribution is -2.32. The molecule has 0 radical (unpaired) electrons. The second-order valence-corrected chi connectivity index (χ2v) is 17.6. The van der Waals surface area contributed by atoms with E-state index >= 15 is 0 Å². The molecule has 1 spiro atoms. The number of nitrogens with zero attached hydrogens (tertiary/aromatic N) is 4. The summed E-state index contributed by atoms with van der Waals surface area (Å²) in [6.07, 6.45) is 0. The molecule has 0 saturated heterocycles. The number of hydrogen-bond donors (Lipinski definition) is 0. The third kappa shape index (κ3) is 5.64. The largest absolute Gasteiger partial charge is 0.247 e. The molecule has 2 aliphatic rings. The van der Waals surface area contributed by atoms with Gasteiger partial charge in [-0.15, -0.1) is 0 Å². The van der Waals surface area contributed by atoms with Gasteiger partial charge in [-0.2, -0.15) is 0 Å². The molecule has 1 aliphatic carbocycles. The highest BCUT2D eigenvalue weighted by molar-refractivity contribution is 7.99. The molecule has 0 fully saturated rings. The van der Waals surface area contributed by atoms with Crippen LogP contribution in [0, 0.1) is 0 Å². The van der Waals surface area contributed by atoms with Crippen molar-refractivity contribution in [2.45, 2.75) is 15.2 Å². The van der Waals surface area contributed by atoms with Crippen LogP contribution in [0.1, 0.15) is 22.3 Å². The summed E-state index contributed by atoms with van der Waals surface area (Å²) in [4.78, 5) is 22.9. The van der Waals surface area contributed by atoms with E-state index in [0.717, 1.165) is 55.4 Å². The molecular weight excluding hydrogens is 797 g/mol. The molecule has 1 aliphatic heterocycles. The summed E-state index contributed by atoms with van der Waals surface area (Å²) in [6, 6.07) is 78.1. The lowest BCUT2D eigenvalue weighted by molar-refractivity contribution is 0.724. The van der Waals surface area contributed by atoms with Gasteiger partial charge < -0.3 is 0 Å². The molecule has 5 heteroatoms. The maximum absolute atomic E-state index is 5.45. The van der Waals surface area contributed by atoms with E-state index in [1.807, 2.05) is 72.4 Å². The van der Waals surface area contributed by atoms with Crippen LogP contribution in [-0.4, -0.2) is 19.9 Å². The Bertz CT molecular complexity index is 3520. The first-order valence-corrected chi connectivity index (χ1v) is 22.4. The van der Waals surface area contributed by atoms with E-state index in [1.165, 1.54) is 48.6 Å². The van der Waals surface area contributed by atoms with Crippen LogP contribution in [0.4, 0.5) is 0 Å². The van der Waals surface area contributed by atoms with Crippen molar-refractivity contribution < 1.29 is 0 Å². The molecule has 0 N–H and O–H groups in total. The number of hydrogen-bond acceptors (Lipinski definition) is 5. The number of rotatable bonds is 5. The first-order chi connectivity index (χ1) is 31.7. The van der Waals surface area contributed by atoms with Crippen LogP contribution in [0.3, 0.4) is 0 Å².